The van der Waals surface area contributed by atoms with E-state index in [-0.39, 0.29) is 5.69 Å². The van der Waals surface area contributed by atoms with Gasteiger partial charge in [0.1, 0.15) is 12.4 Å². The minimum Gasteiger partial charge on any atom is -0.312 e. The van der Waals surface area contributed by atoms with Crippen LogP contribution in [-0.4, -0.2) is 27.3 Å². The second-order valence-corrected chi connectivity index (χ2v) is 3.86. The number of aromatic nitrogens is 2. The van der Waals surface area contributed by atoms with Gasteiger partial charge in [0.05, 0.1) is 11.5 Å². The minimum atomic E-state index is -0.434. The monoisotopic (exact) mass is 226 g/mol. The Kier molecular flexibility index (Phi) is 4.91. The molecule has 6 nitrogen and oxygen atoms in total. The molecule has 0 saturated carbocycles. The standard InChI is InChI=1S/C10H18N4O2/c1-3-4-9(2)11-5-6-13-8-10(7-12-13)14(15)16/h7-9,11H,3-6H2,1-2H3. The first-order valence-corrected chi connectivity index (χ1v) is 5.53. The molecular formula is C10H18N4O2. The molecule has 0 aliphatic carbocycles. The highest BCUT2D eigenvalue weighted by molar-refractivity contribution is 5.20. The molecule has 6 heteroatoms. The van der Waals surface area contributed by atoms with E-state index in [0.29, 0.717) is 12.6 Å². The van der Waals surface area contributed by atoms with E-state index in [0.717, 1.165) is 19.4 Å². The summed E-state index contributed by atoms with van der Waals surface area (Å²) in [5, 5.41) is 17.7. The second-order valence-electron chi connectivity index (χ2n) is 3.86. The van der Waals surface area contributed by atoms with Crippen molar-refractivity contribution in [1.82, 2.24) is 15.1 Å². The third-order valence-electron chi connectivity index (χ3n) is 2.39. The number of hydrogen-bond acceptors (Lipinski definition) is 4. The summed E-state index contributed by atoms with van der Waals surface area (Å²) in [6, 6.07) is 0.482. The number of hydrogen-bond donors (Lipinski definition) is 1. The SMILES string of the molecule is CCCC(C)NCCn1cc([N+](=O)[O-])cn1. The highest BCUT2D eigenvalue weighted by Crippen LogP contribution is 2.07. The van der Waals surface area contributed by atoms with Crippen LogP contribution in [0.3, 0.4) is 0 Å². The molecule has 1 heterocycles. The Labute approximate surface area is 94.8 Å². The first-order valence-electron chi connectivity index (χ1n) is 5.53. The lowest BCUT2D eigenvalue weighted by Crippen LogP contribution is -2.29. The molecule has 0 aliphatic heterocycles. The average molecular weight is 226 g/mol. The van der Waals surface area contributed by atoms with Crippen LogP contribution in [0.25, 0.3) is 0 Å². The molecule has 0 aliphatic rings. The summed E-state index contributed by atoms with van der Waals surface area (Å²) in [7, 11) is 0. The zero-order valence-corrected chi connectivity index (χ0v) is 9.72. The van der Waals surface area contributed by atoms with Crippen LogP contribution >= 0.6 is 0 Å². The molecule has 0 spiro atoms. The summed E-state index contributed by atoms with van der Waals surface area (Å²) in [6.07, 6.45) is 5.02. The van der Waals surface area contributed by atoms with Crippen LogP contribution < -0.4 is 5.32 Å². The normalized spacial score (nSPS) is 12.6. The average Bonchev–Trinajstić information content (AvgIpc) is 2.67. The van der Waals surface area contributed by atoms with Crippen molar-refractivity contribution in [3.8, 4) is 0 Å². The van der Waals surface area contributed by atoms with Gasteiger partial charge in [-0.2, -0.15) is 5.10 Å². The summed E-state index contributed by atoms with van der Waals surface area (Å²) in [5.41, 5.74) is 0.0432. The fourth-order valence-electron chi connectivity index (χ4n) is 1.53. The zero-order chi connectivity index (χ0) is 12.0. The fourth-order valence-corrected chi connectivity index (χ4v) is 1.53. The third-order valence-corrected chi connectivity index (χ3v) is 2.39. The lowest BCUT2D eigenvalue weighted by atomic mass is 10.2. The van der Waals surface area contributed by atoms with E-state index >= 15 is 0 Å². The Morgan fingerprint density at radius 3 is 3.00 bits per heavy atom. The van der Waals surface area contributed by atoms with Crippen LogP contribution in [0.2, 0.25) is 0 Å². The number of rotatable bonds is 7. The molecule has 0 radical (unpaired) electrons. The van der Waals surface area contributed by atoms with Gasteiger partial charge in [0, 0.05) is 12.6 Å². The van der Waals surface area contributed by atoms with Gasteiger partial charge in [-0.25, -0.2) is 0 Å². The zero-order valence-electron chi connectivity index (χ0n) is 9.72. The van der Waals surface area contributed by atoms with Crippen molar-refractivity contribution >= 4 is 5.69 Å². The smallest absolute Gasteiger partial charge is 0.306 e. The third kappa shape index (κ3) is 3.98. The van der Waals surface area contributed by atoms with Gasteiger partial charge in [-0.05, 0) is 13.3 Å². The predicted molar refractivity (Wildman–Crippen MR) is 61.3 cm³/mol. The number of nitrogens with one attached hydrogen (secondary N) is 1. The topological polar surface area (TPSA) is 73.0 Å². The van der Waals surface area contributed by atoms with Crippen LogP contribution in [0, 0.1) is 10.1 Å². The van der Waals surface area contributed by atoms with Crippen molar-refractivity contribution in [2.45, 2.75) is 39.3 Å². The summed E-state index contributed by atoms with van der Waals surface area (Å²) in [4.78, 5) is 9.98. The van der Waals surface area contributed by atoms with E-state index in [1.165, 1.54) is 12.4 Å². The van der Waals surface area contributed by atoms with Crippen molar-refractivity contribution in [2.75, 3.05) is 6.54 Å². The van der Waals surface area contributed by atoms with Crippen LogP contribution in [0.5, 0.6) is 0 Å². The Morgan fingerprint density at radius 1 is 1.69 bits per heavy atom. The Morgan fingerprint density at radius 2 is 2.44 bits per heavy atom. The van der Waals surface area contributed by atoms with Gasteiger partial charge in [-0.1, -0.05) is 13.3 Å². The van der Waals surface area contributed by atoms with Crippen molar-refractivity contribution < 1.29 is 4.92 Å². The molecule has 1 N–H and O–H groups in total. The van der Waals surface area contributed by atoms with E-state index in [1.54, 1.807) is 4.68 Å². The van der Waals surface area contributed by atoms with E-state index in [1.807, 2.05) is 0 Å². The second kappa shape index (κ2) is 6.22. The molecule has 1 aromatic heterocycles. The van der Waals surface area contributed by atoms with E-state index in [4.69, 9.17) is 0 Å². The summed E-state index contributed by atoms with van der Waals surface area (Å²) < 4.78 is 1.59. The van der Waals surface area contributed by atoms with Crippen LogP contribution in [0.4, 0.5) is 5.69 Å². The highest BCUT2D eigenvalue weighted by Gasteiger charge is 2.08. The maximum atomic E-state index is 10.4. The van der Waals surface area contributed by atoms with E-state index in [9.17, 15) is 10.1 Å². The summed E-state index contributed by atoms with van der Waals surface area (Å²) in [5.74, 6) is 0. The van der Waals surface area contributed by atoms with Gasteiger partial charge < -0.3 is 5.32 Å². The van der Waals surface area contributed by atoms with Gasteiger partial charge in [0.25, 0.3) is 0 Å². The van der Waals surface area contributed by atoms with E-state index < -0.39 is 4.92 Å². The Hall–Kier alpha value is -1.43. The predicted octanol–water partition coefficient (Wildman–Crippen LogP) is 1.57. The van der Waals surface area contributed by atoms with Gasteiger partial charge in [0.2, 0.25) is 0 Å². The molecule has 16 heavy (non-hydrogen) atoms. The molecular weight excluding hydrogens is 208 g/mol. The van der Waals surface area contributed by atoms with Crippen LogP contribution in [-0.2, 0) is 6.54 Å². The maximum Gasteiger partial charge on any atom is 0.306 e. The van der Waals surface area contributed by atoms with Crippen molar-refractivity contribution in [3.63, 3.8) is 0 Å². The largest absolute Gasteiger partial charge is 0.312 e. The minimum absolute atomic E-state index is 0.0432. The fraction of sp³-hybridized carbons (Fsp3) is 0.700. The molecule has 1 rings (SSSR count). The van der Waals surface area contributed by atoms with E-state index in [2.05, 4.69) is 24.3 Å². The Bertz CT molecular complexity index is 337. The molecule has 0 aromatic carbocycles. The van der Waals surface area contributed by atoms with Crippen molar-refractivity contribution in [2.24, 2.45) is 0 Å². The first-order chi connectivity index (χ1) is 7.63. The molecule has 90 valence electrons. The quantitative estimate of drug-likeness (QED) is 0.565. The lowest BCUT2D eigenvalue weighted by Gasteiger charge is -2.11. The molecule has 0 bridgehead atoms. The molecule has 1 aromatic rings. The maximum absolute atomic E-state index is 10.4. The Balaban J connectivity index is 2.29. The number of nitro groups is 1. The molecule has 0 saturated heterocycles. The van der Waals surface area contributed by atoms with Gasteiger partial charge in [0.15, 0.2) is 0 Å². The summed E-state index contributed by atoms with van der Waals surface area (Å²) >= 11 is 0. The van der Waals surface area contributed by atoms with Gasteiger partial charge in [-0.3, -0.25) is 14.8 Å². The molecule has 1 atom stereocenters. The van der Waals surface area contributed by atoms with Crippen molar-refractivity contribution in [1.29, 1.82) is 0 Å². The molecule has 1 unspecified atom stereocenters. The first kappa shape index (κ1) is 12.6. The number of nitrogens with zero attached hydrogens (tertiary/aromatic N) is 3. The van der Waals surface area contributed by atoms with Crippen LogP contribution in [0.15, 0.2) is 12.4 Å². The van der Waals surface area contributed by atoms with Gasteiger partial charge >= 0.3 is 5.69 Å². The van der Waals surface area contributed by atoms with Crippen molar-refractivity contribution in [3.05, 3.63) is 22.5 Å². The molecule has 0 amide bonds. The van der Waals surface area contributed by atoms with Crippen LogP contribution in [0.1, 0.15) is 26.7 Å². The highest BCUT2D eigenvalue weighted by atomic mass is 16.6. The summed E-state index contributed by atoms with van der Waals surface area (Å²) in [6.45, 7) is 5.71. The van der Waals surface area contributed by atoms with Gasteiger partial charge in [-0.15, -0.1) is 0 Å². The molecule has 0 fully saturated rings. The lowest BCUT2D eigenvalue weighted by molar-refractivity contribution is -0.385.